The highest BCUT2D eigenvalue weighted by molar-refractivity contribution is 4.95. The van der Waals surface area contributed by atoms with Crippen molar-refractivity contribution in [2.45, 2.75) is 39.7 Å². The number of rotatable bonds is 2. The van der Waals surface area contributed by atoms with Crippen LogP contribution in [0.2, 0.25) is 0 Å². The van der Waals surface area contributed by atoms with E-state index in [1.165, 1.54) is 12.8 Å². The minimum atomic E-state index is 0.400. The molecule has 0 amide bonds. The topological polar surface area (TPSA) is 26.0 Å². The molecule has 0 aromatic carbocycles. The minimum absolute atomic E-state index is 0.400. The van der Waals surface area contributed by atoms with Crippen LogP contribution in [0.4, 0.5) is 0 Å². The van der Waals surface area contributed by atoms with E-state index < -0.39 is 0 Å². The third-order valence-corrected chi connectivity index (χ3v) is 2.37. The summed E-state index contributed by atoms with van der Waals surface area (Å²) in [7, 11) is 0. The molecular weight excluding hydrogens is 110 g/mol. The maximum Gasteiger partial charge on any atom is 0.00133 e. The molecular formula is C8H17N. The van der Waals surface area contributed by atoms with Crippen molar-refractivity contribution < 1.29 is 0 Å². The molecule has 0 aromatic rings. The molecule has 1 aliphatic rings. The molecule has 0 spiro atoms. The molecule has 1 fully saturated rings. The summed E-state index contributed by atoms with van der Waals surface area (Å²) in [5, 5.41) is 0. The standard InChI is InChI=1S/C8H17N/c1-6(9)4-7-5-8(7,2)3/h6-7H,4-5,9H2,1-3H3/t6-,7?/m0/s1. The van der Waals surface area contributed by atoms with Crippen molar-refractivity contribution in [1.29, 1.82) is 0 Å². The molecule has 1 unspecified atom stereocenters. The second kappa shape index (κ2) is 1.98. The Morgan fingerprint density at radius 1 is 1.67 bits per heavy atom. The predicted molar refractivity (Wildman–Crippen MR) is 40.2 cm³/mol. The van der Waals surface area contributed by atoms with Crippen LogP contribution in [-0.4, -0.2) is 6.04 Å². The van der Waals surface area contributed by atoms with Crippen molar-refractivity contribution in [3.63, 3.8) is 0 Å². The average molecular weight is 127 g/mol. The van der Waals surface area contributed by atoms with Crippen LogP contribution >= 0.6 is 0 Å². The first-order valence-electron chi connectivity index (χ1n) is 3.78. The molecule has 2 N–H and O–H groups in total. The van der Waals surface area contributed by atoms with Crippen LogP contribution in [0, 0.1) is 11.3 Å². The Bertz CT molecular complexity index is 105. The average Bonchev–Trinajstić information content (AvgIpc) is 2.10. The summed E-state index contributed by atoms with van der Waals surface area (Å²) in [5.74, 6) is 0.914. The Morgan fingerprint density at radius 3 is 2.22 bits per heavy atom. The molecule has 0 radical (unpaired) electrons. The van der Waals surface area contributed by atoms with Gasteiger partial charge in [0.1, 0.15) is 0 Å². The van der Waals surface area contributed by atoms with E-state index in [2.05, 4.69) is 20.8 Å². The highest BCUT2D eigenvalue weighted by Crippen LogP contribution is 2.53. The summed E-state index contributed by atoms with van der Waals surface area (Å²) >= 11 is 0. The molecule has 0 aliphatic heterocycles. The molecule has 1 rings (SSSR count). The molecule has 0 saturated heterocycles. The normalized spacial score (nSPS) is 34.0. The van der Waals surface area contributed by atoms with Crippen molar-refractivity contribution in [2.75, 3.05) is 0 Å². The Morgan fingerprint density at radius 2 is 2.11 bits per heavy atom. The van der Waals surface area contributed by atoms with Crippen LogP contribution < -0.4 is 5.73 Å². The van der Waals surface area contributed by atoms with Crippen LogP contribution in [0.25, 0.3) is 0 Å². The summed E-state index contributed by atoms with van der Waals surface area (Å²) in [6.45, 7) is 6.73. The van der Waals surface area contributed by atoms with Gasteiger partial charge >= 0.3 is 0 Å². The summed E-state index contributed by atoms with van der Waals surface area (Å²) in [5.41, 5.74) is 6.27. The first-order chi connectivity index (χ1) is 4.02. The van der Waals surface area contributed by atoms with E-state index >= 15 is 0 Å². The SMILES string of the molecule is C[C@H](N)CC1CC1(C)C. The third kappa shape index (κ3) is 1.68. The fraction of sp³-hybridized carbons (Fsp3) is 1.00. The molecule has 1 saturated carbocycles. The van der Waals surface area contributed by atoms with E-state index in [-0.39, 0.29) is 0 Å². The van der Waals surface area contributed by atoms with E-state index in [1.54, 1.807) is 0 Å². The lowest BCUT2D eigenvalue weighted by atomic mass is 10.1. The Kier molecular flexibility index (Phi) is 1.55. The third-order valence-electron chi connectivity index (χ3n) is 2.37. The van der Waals surface area contributed by atoms with Gasteiger partial charge in [0.2, 0.25) is 0 Å². The second-order valence-electron chi connectivity index (χ2n) is 4.10. The van der Waals surface area contributed by atoms with E-state index in [9.17, 15) is 0 Å². The van der Waals surface area contributed by atoms with Crippen LogP contribution in [-0.2, 0) is 0 Å². The van der Waals surface area contributed by atoms with E-state index in [0.29, 0.717) is 11.5 Å². The van der Waals surface area contributed by atoms with Gasteiger partial charge in [-0.1, -0.05) is 13.8 Å². The van der Waals surface area contributed by atoms with Crippen molar-refractivity contribution >= 4 is 0 Å². The van der Waals surface area contributed by atoms with Gasteiger partial charge in [0.15, 0.2) is 0 Å². The highest BCUT2D eigenvalue weighted by Gasteiger charge is 2.45. The van der Waals surface area contributed by atoms with Gasteiger partial charge in [-0.25, -0.2) is 0 Å². The molecule has 54 valence electrons. The van der Waals surface area contributed by atoms with Crippen molar-refractivity contribution in [3.8, 4) is 0 Å². The van der Waals surface area contributed by atoms with E-state index in [1.807, 2.05) is 0 Å². The van der Waals surface area contributed by atoms with Gasteiger partial charge in [-0.15, -0.1) is 0 Å². The lowest BCUT2D eigenvalue weighted by Gasteiger charge is -2.05. The summed E-state index contributed by atoms with van der Waals surface area (Å²) in [6, 6.07) is 0.400. The molecule has 9 heavy (non-hydrogen) atoms. The van der Waals surface area contributed by atoms with Crippen LogP contribution in [0.15, 0.2) is 0 Å². The predicted octanol–water partition coefficient (Wildman–Crippen LogP) is 1.77. The summed E-state index contributed by atoms with van der Waals surface area (Å²) in [6.07, 6.45) is 2.60. The van der Waals surface area contributed by atoms with Gasteiger partial charge in [-0.05, 0) is 31.1 Å². The molecule has 1 heteroatoms. The quantitative estimate of drug-likeness (QED) is 0.601. The molecule has 0 bridgehead atoms. The second-order valence-corrected chi connectivity index (χ2v) is 4.10. The maximum atomic E-state index is 5.65. The van der Waals surface area contributed by atoms with Crippen LogP contribution in [0.1, 0.15) is 33.6 Å². The fourth-order valence-electron chi connectivity index (χ4n) is 1.43. The maximum absolute atomic E-state index is 5.65. The fourth-order valence-corrected chi connectivity index (χ4v) is 1.43. The Hall–Kier alpha value is -0.0400. The van der Waals surface area contributed by atoms with Gasteiger partial charge < -0.3 is 5.73 Å². The van der Waals surface area contributed by atoms with Crippen molar-refractivity contribution in [2.24, 2.45) is 17.1 Å². The largest absolute Gasteiger partial charge is 0.328 e. The number of nitrogens with two attached hydrogens (primary N) is 1. The van der Waals surface area contributed by atoms with E-state index in [4.69, 9.17) is 5.73 Å². The molecule has 2 atom stereocenters. The van der Waals surface area contributed by atoms with Gasteiger partial charge in [-0.3, -0.25) is 0 Å². The number of hydrogen-bond acceptors (Lipinski definition) is 1. The minimum Gasteiger partial charge on any atom is -0.328 e. The first-order valence-corrected chi connectivity index (χ1v) is 3.78. The lowest BCUT2D eigenvalue weighted by molar-refractivity contribution is 0.497. The van der Waals surface area contributed by atoms with Gasteiger partial charge in [0, 0.05) is 6.04 Å². The molecule has 0 heterocycles. The smallest absolute Gasteiger partial charge is 0.00133 e. The van der Waals surface area contributed by atoms with Crippen LogP contribution in [0.3, 0.4) is 0 Å². The van der Waals surface area contributed by atoms with Crippen molar-refractivity contribution in [1.82, 2.24) is 0 Å². The first kappa shape index (κ1) is 7.07. The Labute approximate surface area is 57.6 Å². The molecule has 1 aliphatic carbocycles. The van der Waals surface area contributed by atoms with E-state index in [0.717, 1.165) is 5.92 Å². The summed E-state index contributed by atoms with van der Waals surface area (Å²) in [4.78, 5) is 0. The summed E-state index contributed by atoms with van der Waals surface area (Å²) < 4.78 is 0. The zero-order chi connectivity index (χ0) is 7.07. The zero-order valence-electron chi connectivity index (χ0n) is 6.65. The number of hydrogen-bond donors (Lipinski definition) is 1. The lowest BCUT2D eigenvalue weighted by Crippen LogP contribution is -2.16. The van der Waals surface area contributed by atoms with Gasteiger partial charge in [0.05, 0.1) is 0 Å². The molecule has 0 aromatic heterocycles. The Balaban J connectivity index is 2.20. The zero-order valence-corrected chi connectivity index (χ0v) is 6.65. The van der Waals surface area contributed by atoms with Gasteiger partial charge in [0.25, 0.3) is 0 Å². The van der Waals surface area contributed by atoms with Gasteiger partial charge in [-0.2, -0.15) is 0 Å². The highest BCUT2D eigenvalue weighted by atomic mass is 14.6. The van der Waals surface area contributed by atoms with Crippen LogP contribution in [0.5, 0.6) is 0 Å². The van der Waals surface area contributed by atoms with Crippen molar-refractivity contribution in [3.05, 3.63) is 0 Å². The molecule has 1 nitrogen and oxygen atoms in total. The monoisotopic (exact) mass is 127 g/mol.